The van der Waals surface area contributed by atoms with E-state index in [1.807, 2.05) is 23.1 Å². The zero-order chi connectivity index (χ0) is 29.3. The van der Waals surface area contributed by atoms with Crippen LogP contribution in [0.1, 0.15) is 39.3 Å². The quantitative estimate of drug-likeness (QED) is 0.337. The molecule has 42 heavy (non-hydrogen) atoms. The van der Waals surface area contributed by atoms with Crippen LogP contribution in [0.5, 0.6) is 0 Å². The van der Waals surface area contributed by atoms with E-state index >= 15 is 0 Å². The number of aromatic nitrogens is 3. The molecule has 1 amide bonds. The Hall–Kier alpha value is -4.07. The second-order valence-electron chi connectivity index (χ2n) is 10.0. The van der Waals surface area contributed by atoms with Crippen molar-refractivity contribution >= 4 is 38.3 Å². The standard InChI is InChI=1S/C29H27F2N5O5S/c30-29(31)41-17-22-7-5-18-2-1-9-36(27(18)34-22)26-8-6-20-14-32-23(13-24(20)35-26)15-33-28(37)19-3-4-21-16-40-10-11-42(38,39)25(21)12-19/h3-8,12-14,29H,1-2,9-11,15-17H2,(H,33,37). The van der Waals surface area contributed by atoms with Gasteiger partial charge in [0.25, 0.3) is 5.91 Å². The molecule has 1 N–H and O–H groups in total. The van der Waals surface area contributed by atoms with E-state index in [2.05, 4.69) is 20.0 Å². The summed E-state index contributed by atoms with van der Waals surface area (Å²) in [6, 6.07) is 13.7. The van der Waals surface area contributed by atoms with Crippen LogP contribution in [0.2, 0.25) is 0 Å². The fourth-order valence-corrected chi connectivity index (χ4v) is 6.45. The van der Waals surface area contributed by atoms with E-state index in [4.69, 9.17) is 9.72 Å². The van der Waals surface area contributed by atoms with Gasteiger partial charge in [-0.1, -0.05) is 12.1 Å². The van der Waals surface area contributed by atoms with Crippen molar-refractivity contribution in [3.63, 3.8) is 0 Å². The number of sulfone groups is 1. The van der Waals surface area contributed by atoms with Crippen molar-refractivity contribution in [3.05, 3.63) is 82.8 Å². The van der Waals surface area contributed by atoms with Gasteiger partial charge in [-0.15, -0.1) is 0 Å². The Balaban J connectivity index is 1.20. The minimum atomic E-state index is -3.54. The molecule has 0 spiro atoms. The third kappa shape index (κ3) is 5.94. The highest BCUT2D eigenvalue weighted by Gasteiger charge is 2.24. The molecule has 3 aromatic heterocycles. The maximum atomic E-state index is 12.9. The average Bonchev–Trinajstić information content (AvgIpc) is 3.15. The lowest BCUT2D eigenvalue weighted by molar-refractivity contribution is -0.137. The number of rotatable bonds is 7. The number of carbonyl (C=O) groups excluding carboxylic acids is 1. The van der Waals surface area contributed by atoms with Crippen molar-refractivity contribution < 1.29 is 31.5 Å². The highest BCUT2D eigenvalue weighted by Crippen LogP contribution is 2.32. The van der Waals surface area contributed by atoms with Gasteiger partial charge in [-0.2, -0.15) is 8.78 Å². The molecule has 1 aromatic carbocycles. The van der Waals surface area contributed by atoms with Crippen molar-refractivity contribution in [1.29, 1.82) is 0 Å². The smallest absolute Gasteiger partial charge is 0.345 e. The summed E-state index contributed by atoms with van der Waals surface area (Å²) < 4.78 is 60.0. The summed E-state index contributed by atoms with van der Waals surface area (Å²) in [6.07, 6.45) is 3.37. The molecule has 0 radical (unpaired) electrons. The first-order chi connectivity index (χ1) is 20.3. The second-order valence-corrected chi connectivity index (χ2v) is 12.1. The molecule has 10 nitrogen and oxygen atoms in total. The van der Waals surface area contributed by atoms with Crippen LogP contribution in [-0.4, -0.2) is 54.8 Å². The van der Waals surface area contributed by atoms with E-state index in [0.717, 1.165) is 23.8 Å². The summed E-state index contributed by atoms with van der Waals surface area (Å²) >= 11 is 0. The van der Waals surface area contributed by atoms with Gasteiger partial charge in [0, 0.05) is 23.7 Å². The number of hydrogen-bond donors (Lipinski definition) is 1. The molecular weight excluding hydrogens is 568 g/mol. The molecule has 4 aromatic rings. The number of nitrogens with one attached hydrogen (secondary N) is 1. The molecule has 0 saturated heterocycles. The van der Waals surface area contributed by atoms with Gasteiger partial charge in [0.1, 0.15) is 11.6 Å². The molecule has 0 saturated carbocycles. The lowest BCUT2D eigenvalue weighted by Gasteiger charge is -2.29. The van der Waals surface area contributed by atoms with E-state index < -0.39 is 22.4 Å². The highest BCUT2D eigenvalue weighted by atomic mass is 32.2. The van der Waals surface area contributed by atoms with E-state index in [1.165, 1.54) is 6.07 Å². The van der Waals surface area contributed by atoms with Crippen LogP contribution >= 0.6 is 0 Å². The van der Waals surface area contributed by atoms with Crippen LogP contribution in [0.4, 0.5) is 20.4 Å². The van der Waals surface area contributed by atoms with Gasteiger partial charge in [-0.05, 0) is 60.4 Å². The minimum absolute atomic E-state index is 0.106. The number of halogens is 2. The molecule has 0 unspecified atom stereocenters. The first-order valence-electron chi connectivity index (χ1n) is 13.4. The van der Waals surface area contributed by atoms with Crippen LogP contribution in [0.25, 0.3) is 10.9 Å². The van der Waals surface area contributed by atoms with Crippen LogP contribution in [0, 0.1) is 0 Å². The van der Waals surface area contributed by atoms with Gasteiger partial charge in [-0.25, -0.2) is 18.4 Å². The number of alkyl halides is 2. The van der Waals surface area contributed by atoms with Crippen LogP contribution < -0.4 is 10.2 Å². The lowest BCUT2D eigenvalue weighted by atomic mass is 10.0. The fraction of sp³-hybridized carbons (Fsp3) is 0.310. The fourth-order valence-electron chi connectivity index (χ4n) is 5.06. The second kappa shape index (κ2) is 11.7. The summed E-state index contributed by atoms with van der Waals surface area (Å²) in [5, 5.41) is 3.61. The minimum Gasteiger partial charge on any atom is -0.376 e. The Morgan fingerprint density at radius 3 is 2.79 bits per heavy atom. The van der Waals surface area contributed by atoms with Crippen molar-refractivity contribution in [2.75, 3.05) is 23.8 Å². The van der Waals surface area contributed by atoms with E-state index in [0.29, 0.717) is 40.6 Å². The van der Waals surface area contributed by atoms with Gasteiger partial charge in [0.15, 0.2) is 9.84 Å². The molecule has 5 heterocycles. The number of hydrogen-bond acceptors (Lipinski definition) is 9. The summed E-state index contributed by atoms with van der Waals surface area (Å²) in [7, 11) is -3.54. The van der Waals surface area contributed by atoms with Gasteiger partial charge < -0.3 is 19.7 Å². The summed E-state index contributed by atoms with van der Waals surface area (Å²) in [4.78, 5) is 28.8. The third-order valence-corrected chi connectivity index (χ3v) is 8.95. The molecule has 0 aliphatic carbocycles. The van der Waals surface area contributed by atoms with Crippen LogP contribution in [0.15, 0.2) is 59.6 Å². The number of ether oxygens (including phenoxy) is 2. The van der Waals surface area contributed by atoms with Crippen LogP contribution in [-0.2, 0) is 45.5 Å². The van der Waals surface area contributed by atoms with Gasteiger partial charge in [0.2, 0.25) is 0 Å². The topological polar surface area (TPSA) is 124 Å². The number of anilines is 2. The first-order valence-corrected chi connectivity index (χ1v) is 15.1. The molecular formula is C29H27F2N5O5S. The maximum absolute atomic E-state index is 12.9. The molecule has 218 valence electrons. The highest BCUT2D eigenvalue weighted by molar-refractivity contribution is 7.91. The largest absolute Gasteiger partial charge is 0.376 e. The third-order valence-electron chi connectivity index (χ3n) is 7.19. The number of pyridine rings is 3. The average molecular weight is 596 g/mol. The molecule has 2 aliphatic rings. The Bertz CT molecular complexity index is 1770. The maximum Gasteiger partial charge on any atom is 0.345 e. The molecule has 13 heteroatoms. The van der Waals surface area contributed by atoms with Crippen molar-refractivity contribution in [2.45, 2.75) is 44.1 Å². The Kier molecular flexibility index (Phi) is 7.80. The van der Waals surface area contributed by atoms with E-state index in [1.54, 1.807) is 30.5 Å². The molecule has 0 atom stereocenters. The molecule has 6 rings (SSSR count). The molecule has 2 aliphatic heterocycles. The zero-order valence-corrected chi connectivity index (χ0v) is 23.2. The Morgan fingerprint density at radius 1 is 1.07 bits per heavy atom. The number of carbonyl (C=O) groups is 1. The van der Waals surface area contributed by atoms with E-state index in [9.17, 15) is 22.0 Å². The normalized spacial score (nSPS) is 16.1. The number of benzene rings is 1. The number of amides is 1. The Morgan fingerprint density at radius 2 is 1.93 bits per heavy atom. The SMILES string of the molecule is O=C(NCc1cc2nc(N3CCCc4ccc(COC(F)F)nc43)ccc2cn1)c1ccc2c(c1)S(=O)(=O)CCOC2. The monoisotopic (exact) mass is 595 g/mol. The lowest BCUT2D eigenvalue weighted by Crippen LogP contribution is -2.27. The van der Waals surface area contributed by atoms with Gasteiger partial charge in [0.05, 0.1) is 53.9 Å². The van der Waals surface area contributed by atoms with Crippen molar-refractivity contribution in [1.82, 2.24) is 20.3 Å². The van der Waals surface area contributed by atoms with Crippen molar-refractivity contribution in [3.8, 4) is 0 Å². The Labute approximate surface area is 240 Å². The first kappa shape index (κ1) is 28.1. The van der Waals surface area contributed by atoms with Gasteiger partial charge in [-0.3, -0.25) is 9.78 Å². The summed E-state index contributed by atoms with van der Waals surface area (Å²) in [6.45, 7) is -2.11. The summed E-state index contributed by atoms with van der Waals surface area (Å²) in [5.41, 5.74) is 3.40. The predicted octanol–water partition coefficient (Wildman–Crippen LogP) is 4.08. The molecule has 0 bridgehead atoms. The number of nitrogens with zero attached hydrogens (tertiary/aromatic N) is 4. The number of aryl methyl sites for hydroxylation is 1. The zero-order valence-electron chi connectivity index (χ0n) is 22.4. The van der Waals surface area contributed by atoms with E-state index in [-0.39, 0.29) is 42.6 Å². The summed E-state index contributed by atoms with van der Waals surface area (Å²) in [5.74, 6) is 0.761. The van der Waals surface area contributed by atoms with Gasteiger partial charge >= 0.3 is 6.61 Å². The predicted molar refractivity (Wildman–Crippen MR) is 149 cm³/mol. The van der Waals surface area contributed by atoms with Crippen molar-refractivity contribution in [2.24, 2.45) is 0 Å². The van der Waals surface area contributed by atoms with Crippen LogP contribution in [0.3, 0.4) is 0 Å². The molecule has 0 fully saturated rings. The number of fused-ring (bicyclic) bond motifs is 3.